The Morgan fingerprint density at radius 2 is 1.71 bits per heavy atom. The van der Waals surface area contributed by atoms with Crippen LogP contribution in [0.4, 0.5) is 18.9 Å². The number of para-hydroxylation sites is 1. The molecule has 0 aliphatic heterocycles. The molecule has 152 valence electrons. The van der Waals surface area contributed by atoms with E-state index < -0.39 is 39.5 Å². The molecule has 0 unspecified atom stereocenters. The van der Waals surface area contributed by atoms with E-state index in [0.29, 0.717) is 10.4 Å². The molecule has 0 aliphatic rings. The molecule has 1 N–H and O–H groups in total. The van der Waals surface area contributed by atoms with Crippen molar-refractivity contribution in [1.29, 1.82) is 0 Å². The van der Waals surface area contributed by atoms with Gasteiger partial charge in [0.05, 0.1) is 27.2 Å². The van der Waals surface area contributed by atoms with Gasteiger partial charge in [-0.05, 0) is 24.3 Å². The number of nitrogens with one attached hydrogen (secondary N) is 1. The normalized spacial score (nSPS) is 12.1. The van der Waals surface area contributed by atoms with Crippen molar-refractivity contribution in [3.63, 3.8) is 0 Å². The van der Waals surface area contributed by atoms with Crippen molar-refractivity contribution in [2.75, 3.05) is 18.9 Å². The van der Waals surface area contributed by atoms with Crippen LogP contribution in [0, 0.1) is 0 Å². The molecule has 0 heterocycles. The molecule has 0 spiro atoms. The topological polar surface area (TPSA) is 75.7 Å². The molecule has 12 heteroatoms. The number of anilines is 1. The summed E-state index contributed by atoms with van der Waals surface area (Å²) in [7, 11) is -3.17. The predicted molar refractivity (Wildman–Crippen MR) is 98.0 cm³/mol. The molecule has 1 amide bonds. The van der Waals surface area contributed by atoms with Gasteiger partial charge in [-0.3, -0.25) is 4.79 Å². The van der Waals surface area contributed by atoms with Crippen LogP contribution >= 0.6 is 23.2 Å². The molecule has 0 fully saturated rings. The quantitative estimate of drug-likeness (QED) is 0.708. The number of alkyl halides is 3. The van der Waals surface area contributed by atoms with E-state index in [2.05, 4.69) is 10.1 Å². The van der Waals surface area contributed by atoms with Crippen LogP contribution in [-0.4, -0.2) is 38.6 Å². The van der Waals surface area contributed by atoms with Gasteiger partial charge in [0, 0.05) is 13.1 Å². The van der Waals surface area contributed by atoms with Crippen molar-refractivity contribution >= 4 is 44.8 Å². The molecule has 0 aromatic heterocycles. The summed E-state index contributed by atoms with van der Waals surface area (Å²) in [5.74, 6) is -1.45. The highest BCUT2D eigenvalue weighted by Gasteiger charge is 2.32. The Kier molecular flexibility index (Phi) is 6.81. The summed E-state index contributed by atoms with van der Waals surface area (Å²) in [6.07, 6.45) is -4.97. The fourth-order valence-corrected chi connectivity index (χ4v) is 3.75. The second-order valence-corrected chi connectivity index (χ2v) is 8.29. The second kappa shape index (κ2) is 8.56. The SMILES string of the molecule is CN(CC(=O)Nc1c(Cl)cccc1Cl)S(=O)(=O)c1cccc(OC(F)(F)F)c1. The maximum Gasteiger partial charge on any atom is 0.573 e. The van der Waals surface area contributed by atoms with Gasteiger partial charge >= 0.3 is 6.36 Å². The summed E-state index contributed by atoms with van der Waals surface area (Å²) < 4.78 is 66.4. The number of sulfonamides is 1. The third-order valence-electron chi connectivity index (χ3n) is 3.34. The van der Waals surface area contributed by atoms with Gasteiger partial charge in [0.1, 0.15) is 5.75 Å². The molecule has 0 saturated carbocycles. The van der Waals surface area contributed by atoms with Gasteiger partial charge in [0.25, 0.3) is 0 Å². The number of amides is 1. The lowest BCUT2D eigenvalue weighted by Gasteiger charge is -2.18. The number of halogens is 5. The fraction of sp³-hybridized carbons (Fsp3) is 0.188. The number of hydrogen-bond acceptors (Lipinski definition) is 4. The summed E-state index contributed by atoms with van der Waals surface area (Å²) in [6.45, 7) is -0.631. The Morgan fingerprint density at radius 3 is 2.29 bits per heavy atom. The van der Waals surface area contributed by atoms with Crippen LogP contribution in [0.5, 0.6) is 5.75 Å². The first kappa shape index (κ1) is 22.3. The van der Waals surface area contributed by atoms with Crippen LogP contribution in [0.2, 0.25) is 10.0 Å². The number of ether oxygens (including phenoxy) is 1. The highest BCUT2D eigenvalue weighted by molar-refractivity contribution is 7.89. The zero-order valence-corrected chi connectivity index (χ0v) is 16.5. The van der Waals surface area contributed by atoms with Gasteiger partial charge in [-0.15, -0.1) is 13.2 Å². The number of nitrogens with zero attached hydrogens (tertiary/aromatic N) is 1. The first-order valence-electron chi connectivity index (χ1n) is 7.46. The maximum atomic E-state index is 12.5. The van der Waals surface area contributed by atoms with Crippen molar-refractivity contribution in [3.8, 4) is 5.75 Å². The van der Waals surface area contributed by atoms with Gasteiger partial charge in [-0.1, -0.05) is 35.3 Å². The summed E-state index contributed by atoms with van der Waals surface area (Å²) >= 11 is 11.9. The number of likely N-dealkylation sites (N-methyl/N-ethyl adjacent to an activating group) is 1. The first-order chi connectivity index (χ1) is 12.9. The monoisotopic (exact) mass is 456 g/mol. The van der Waals surface area contributed by atoms with Crippen LogP contribution in [0.25, 0.3) is 0 Å². The molecule has 6 nitrogen and oxygen atoms in total. The van der Waals surface area contributed by atoms with E-state index in [4.69, 9.17) is 23.2 Å². The predicted octanol–water partition coefficient (Wildman–Crippen LogP) is 4.15. The van der Waals surface area contributed by atoms with Crippen LogP contribution in [0.3, 0.4) is 0 Å². The van der Waals surface area contributed by atoms with E-state index >= 15 is 0 Å². The van der Waals surface area contributed by atoms with E-state index in [1.54, 1.807) is 6.07 Å². The van der Waals surface area contributed by atoms with Gasteiger partial charge < -0.3 is 10.1 Å². The molecular formula is C16H13Cl2F3N2O4S. The van der Waals surface area contributed by atoms with Crippen LogP contribution in [0.15, 0.2) is 47.4 Å². The Hall–Kier alpha value is -2.01. The number of hydrogen-bond donors (Lipinski definition) is 1. The molecule has 2 aromatic rings. The minimum Gasteiger partial charge on any atom is -0.406 e. The Bertz CT molecular complexity index is 964. The lowest BCUT2D eigenvalue weighted by Crippen LogP contribution is -2.35. The molecule has 2 aromatic carbocycles. The standard InChI is InChI=1S/C16H13Cl2F3N2O4S/c1-23(9-14(24)22-15-12(17)6-3-7-13(15)18)28(25,26)11-5-2-4-10(8-11)27-16(19,20)21/h2-8H,9H2,1H3,(H,22,24). The highest BCUT2D eigenvalue weighted by atomic mass is 35.5. The average molecular weight is 457 g/mol. The number of carbonyl (C=O) groups is 1. The van der Waals surface area contributed by atoms with E-state index in [1.165, 1.54) is 12.1 Å². The molecule has 0 atom stereocenters. The lowest BCUT2D eigenvalue weighted by molar-refractivity contribution is -0.274. The Morgan fingerprint density at radius 1 is 1.14 bits per heavy atom. The maximum absolute atomic E-state index is 12.5. The van der Waals surface area contributed by atoms with Crippen molar-refractivity contribution in [1.82, 2.24) is 4.31 Å². The van der Waals surface area contributed by atoms with E-state index in [9.17, 15) is 26.4 Å². The summed E-state index contributed by atoms with van der Waals surface area (Å²) in [5.41, 5.74) is 0.113. The van der Waals surface area contributed by atoms with Crippen LogP contribution in [0.1, 0.15) is 0 Å². The van der Waals surface area contributed by atoms with Crippen molar-refractivity contribution in [2.24, 2.45) is 0 Å². The van der Waals surface area contributed by atoms with Gasteiger partial charge in [0.15, 0.2) is 0 Å². The molecule has 0 bridgehead atoms. The zero-order chi connectivity index (χ0) is 21.1. The van der Waals surface area contributed by atoms with Gasteiger partial charge in [0.2, 0.25) is 15.9 Å². The van der Waals surface area contributed by atoms with E-state index in [-0.39, 0.29) is 15.7 Å². The van der Waals surface area contributed by atoms with Crippen LogP contribution in [-0.2, 0) is 14.8 Å². The zero-order valence-electron chi connectivity index (χ0n) is 14.1. The summed E-state index contributed by atoms with van der Waals surface area (Å²) in [5, 5.41) is 2.70. The minimum atomic E-state index is -4.97. The molecule has 28 heavy (non-hydrogen) atoms. The summed E-state index contributed by atoms with van der Waals surface area (Å²) in [4.78, 5) is 11.7. The highest BCUT2D eigenvalue weighted by Crippen LogP contribution is 2.30. The third-order valence-corrected chi connectivity index (χ3v) is 5.77. The van der Waals surface area contributed by atoms with Crippen molar-refractivity contribution < 1.29 is 31.1 Å². The van der Waals surface area contributed by atoms with Gasteiger partial charge in [-0.2, -0.15) is 4.31 Å². The summed E-state index contributed by atoms with van der Waals surface area (Å²) in [6, 6.07) is 8.36. The van der Waals surface area contributed by atoms with Crippen molar-refractivity contribution in [2.45, 2.75) is 11.3 Å². The lowest BCUT2D eigenvalue weighted by atomic mass is 10.3. The smallest absolute Gasteiger partial charge is 0.406 e. The average Bonchev–Trinajstić information content (AvgIpc) is 2.57. The third kappa shape index (κ3) is 5.74. The molecule has 2 rings (SSSR count). The number of rotatable bonds is 6. The molecular weight excluding hydrogens is 444 g/mol. The van der Waals surface area contributed by atoms with E-state index in [0.717, 1.165) is 25.2 Å². The second-order valence-electron chi connectivity index (χ2n) is 5.43. The van der Waals surface area contributed by atoms with E-state index in [1.807, 2.05) is 0 Å². The number of carbonyl (C=O) groups excluding carboxylic acids is 1. The minimum absolute atomic E-state index is 0.113. The Balaban J connectivity index is 2.15. The fourth-order valence-electron chi connectivity index (χ4n) is 2.10. The Labute approximate surface area is 168 Å². The molecule has 0 radical (unpaired) electrons. The molecule has 0 saturated heterocycles. The van der Waals surface area contributed by atoms with Crippen LogP contribution < -0.4 is 10.1 Å². The van der Waals surface area contributed by atoms with Crippen molar-refractivity contribution in [3.05, 3.63) is 52.5 Å². The van der Waals surface area contributed by atoms with Gasteiger partial charge in [-0.25, -0.2) is 8.42 Å². The first-order valence-corrected chi connectivity index (χ1v) is 9.66. The molecule has 0 aliphatic carbocycles. The number of benzene rings is 2. The largest absolute Gasteiger partial charge is 0.573 e.